The van der Waals surface area contributed by atoms with E-state index in [0.717, 1.165) is 58.2 Å². The number of benzene rings is 3. The molecule has 8 nitrogen and oxygen atoms in total. The Morgan fingerprint density at radius 1 is 0.933 bits per heavy atom. The molecule has 0 unspecified atom stereocenters. The van der Waals surface area contributed by atoms with E-state index in [9.17, 15) is 14.7 Å². The van der Waals surface area contributed by atoms with Crippen LogP contribution >= 0.6 is 0 Å². The first-order valence-corrected chi connectivity index (χ1v) is 15.5. The van der Waals surface area contributed by atoms with Gasteiger partial charge in [-0.2, -0.15) is 5.10 Å². The Hall–Kier alpha value is -4.98. The van der Waals surface area contributed by atoms with E-state index in [0.29, 0.717) is 12.8 Å². The largest absolute Gasteiger partial charge is 0.508 e. The Morgan fingerprint density at radius 2 is 1.64 bits per heavy atom. The van der Waals surface area contributed by atoms with Gasteiger partial charge in [-0.15, -0.1) is 0 Å². The van der Waals surface area contributed by atoms with Crippen LogP contribution in [-0.2, 0) is 27.8 Å². The van der Waals surface area contributed by atoms with Gasteiger partial charge in [-0.05, 0) is 71.5 Å². The number of pyridine rings is 1. The quantitative estimate of drug-likeness (QED) is 0.142. The topological polar surface area (TPSA) is 123 Å². The van der Waals surface area contributed by atoms with E-state index in [4.69, 9.17) is 15.8 Å². The molecule has 5 rings (SSSR count). The van der Waals surface area contributed by atoms with Crippen LogP contribution in [0.4, 0.5) is 0 Å². The molecule has 0 radical (unpaired) electrons. The number of aromatic nitrogens is 3. The number of fused-ring (bicyclic) bond motifs is 1. The number of phenolic OH excluding ortho intramolecular Hbond substituents is 1. The normalized spacial score (nSPS) is 12.2. The minimum absolute atomic E-state index is 0.0679. The molecule has 2 heterocycles. The van der Waals surface area contributed by atoms with E-state index < -0.39 is 11.9 Å². The highest BCUT2D eigenvalue weighted by Crippen LogP contribution is 2.28. The fraction of sp³-hybridized carbons (Fsp3) is 0.297. The highest BCUT2D eigenvalue weighted by Gasteiger charge is 2.19. The van der Waals surface area contributed by atoms with Crippen molar-refractivity contribution in [1.29, 1.82) is 0 Å². The maximum atomic E-state index is 12.6. The highest BCUT2D eigenvalue weighted by atomic mass is 16.3. The fourth-order valence-corrected chi connectivity index (χ4v) is 5.40. The van der Waals surface area contributed by atoms with Crippen molar-refractivity contribution in [2.24, 2.45) is 5.73 Å². The van der Waals surface area contributed by atoms with Gasteiger partial charge < -0.3 is 16.2 Å². The van der Waals surface area contributed by atoms with Gasteiger partial charge in [0.05, 0.1) is 11.4 Å². The van der Waals surface area contributed by atoms with Crippen molar-refractivity contribution in [2.75, 3.05) is 0 Å². The summed E-state index contributed by atoms with van der Waals surface area (Å²) in [5.41, 5.74) is 11.5. The van der Waals surface area contributed by atoms with Crippen LogP contribution < -0.4 is 11.1 Å². The Balaban J connectivity index is 1.24. The van der Waals surface area contributed by atoms with E-state index in [2.05, 4.69) is 74.7 Å². The molecule has 4 N–H and O–H groups in total. The Labute approximate surface area is 264 Å². The maximum absolute atomic E-state index is 12.6. The van der Waals surface area contributed by atoms with Crippen molar-refractivity contribution in [2.45, 2.75) is 70.8 Å². The minimum Gasteiger partial charge on any atom is -0.508 e. The van der Waals surface area contributed by atoms with Gasteiger partial charge in [0.15, 0.2) is 0 Å². The molecule has 3 aromatic carbocycles. The van der Waals surface area contributed by atoms with E-state index in [1.807, 2.05) is 23.0 Å². The van der Waals surface area contributed by atoms with E-state index in [1.54, 1.807) is 24.3 Å². The zero-order chi connectivity index (χ0) is 32.0. The number of carbonyl (C=O) groups is 2. The van der Waals surface area contributed by atoms with Gasteiger partial charge >= 0.3 is 0 Å². The number of phenols is 1. The van der Waals surface area contributed by atoms with Crippen LogP contribution in [0.1, 0.15) is 63.1 Å². The molecule has 0 fully saturated rings. The lowest BCUT2D eigenvalue weighted by molar-refractivity contribution is -0.127. The number of rotatable bonds is 12. The molecule has 0 saturated carbocycles. The van der Waals surface area contributed by atoms with E-state index in [-0.39, 0.29) is 23.5 Å². The molecule has 232 valence electrons. The van der Waals surface area contributed by atoms with Gasteiger partial charge in [0, 0.05) is 36.2 Å². The second-order valence-corrected chi connectivity index (χ2v) is 12.6. The zero-order valence-corrected chi connectivity index (χ0v) is 26.2. The van der Waals surface area contributed by atoms with E-state index >= 15 is 0 Å². The van der Waals surface area contributed by atoms with Crippen molar-refractivity contribution in [3.63, 3.8) is 0 Å². The molecular formula is C37H41N5O3. The molecule has 0 aliphatic rings. The fourth-order valence-electron chi connectivity index (χ4n) is 5.40. The summed E-state index contributed by atoms with van der Waals surface area (Å²) in [6.07, 6.45) is 7.74. The number of unbranched alkanes of at least 4 members (excludes halogenated alkanes) is 2. The maximum Gasteiger partial charge on any atom is 0.240 e. The van der Waals surface area contributed by atoms with Crippen LogP contribution in [0.15, 0.2) is 91.3 Å². The third-order valence-corrected chi connectivity index (χ3v) is 8.07. The predicted octanol–water partition coefficient (Wildman–Crippen LogP) is 6.41. The first-order valence-electron chi connectivity index (χ1n) is 15.5. The van der Waals surface area contributed by atoms with Gasteiger partial charge in [0.25, 0.3) is 0 Å². The van der Waals surface area contributed by atoms with Crippen molar-refractivity contribution in [3.05, 3.63) is 108 Å². The number of amides is 2. The second kappa shape index (κ2) is 13.8. The Bertz CT molecular complexity index is 1770. The van der Waals surface area contributed by atoms with Gasteiger partial charge in [0.1, 0.15) is 17.5 Å². The average molecular weight is 604 g/mol. The molecule has 2 aromatic heterocycles. The molecule has 0 saturated heterocycles. The number of hydrogen-bond acceptors (Lipinski definition) is 5. The third-order valence-electron chi connectivity index (χ3n) is 8.07. The standard InChI is InChI=1S/C37H41N5O3/c1-37(2,3)29-15-17-30(18-16-29)42-24-28(35(41-42)32-22-26-9-7-8-10-27(26)23-39-32)11-5-4-6-12-34(44)40-33(36(38)45)21-25-13-19-31(43)20-14-25/h7-10,13-20,22-24,33,43H,4-6,11-12,21H2,1-3H3,(H2,38,45)(H,40,44)/t33-/m0/s1. The molecule has 1 atom stereocenters. The molecule has 2 amide bonds. The number of nitrogens with zero attached hydrogens (tertiary/aromatic N) is 3. The smallest absolute Gasteiger partial charge is 0.240 e. The van der Waals surface area contributed by atoms with Crippen molar-refractivity contribution < 1.29 is 14.7 Å². The lowest BCUT2D eigenvalue weighted by Crippen LogP contribution is -2.45. The molecule has 45 heavy (non-hydrogen) atoms. The predicted molar refractivity (Wildman–Crippen MR) is 178 cm³/mol. The van der Waals surface area contributed by atoms with Crippen LogP contribution in [0.2, 0.25) is 0 Å². The molecule has 8 heteroatoms. The summed E-state index contributed by atoms with van der Waals surface area (Å²) >= 11 is 0. The third kappa shape index (κ3) is 8.15. The monoisotopic (exact) mass is 603 g/mol. The lowest BCUT2D eigenvalue weighted by atomic mass is 9.87. The van der Waals surface area contributed by atoms with Crippen LogP contribution in [0, 0.1) is 0 Å². The summed E-state index contributed by atoms with van der Waals surface area (Å²) in [4.78, 5) is 29.4. The minimum atomic E-state index is -0.803. The summed E-state index contributed by atoms with van der Waals surface area (Å²) in [5, 5.41) is 19.5. The summed E-state index contributed by atoms with van der Waals surface area (Å²) in [6, 6.07) is 24.5. The van der Waals surface area contributed by atoms with Gasteiger partial charge in [-0.25, -0.2) is 4.68 Å². The summed E-state index contributed by atoms with van der Waals surface area (Å²) in [7, 11) is 0. The number of nitrogens with one attached hydrogen (secondary N) is 1. The van der Waals surface area contributed by atoms with Gasteiger partial charge in [-0.3, -0.25) is 14.6 Å². The van der Waals surface area contributed by atoms with E-state index in [1.165, 1.54) is 5.56 Å². The number of hydrogen-bond donors (Lipinski definition) is 3. The number of nitrogens with two attached hydrogens (primary N) is 1. The van der Waals surface area contributed by atoms with Crippen LogP contribution in [-0.4, -0.2) is 37.7 Å². The van der Waals surface area contributed by atoms with Crippen molar-refractivity contribution >= 4 is 22.6 Å². The molecule has 0 bridgehead atoms. The molecule has 0 aliphatic carbocycles. The first-order chi connectivity index (χ1) is 21.6. The lowest BCUT2D eigenvalue weighted by Gasteiger charge is -2.19. The molecule has 0 spiro atoms. The van der Waals surface area contributed by atoms with Gasteiger partial charge in [0.2, 0.25) is 11.8 Å². The Morgan fingerprint density at radius 3 is 2.33 bits per heavy atom. The second-order valence-electron chi connectivity index (χ2n) is 12.6. The van der Waals surface area contributed by atoms with Gasteiger partial charge in [-0.1, -0.05) is 75.7 Å². The summed E-state index contributed by atoms with van der Waals surface area (Å²) in [5.74, 6) is -0.650. The number of aromatic hydroxyl groups is 1. The highest BCUT2D eigenvalue weighted by molar-refractivity contribution is 5.87. The van der Waals surface area contributed by atoms with Crippen LogP contribution in [0.25, 0.3) is 27.8 Å². The number of primary amides is 1. The van der Waals surface area contributed by atoms with Crippen LogP contribution in [0.3, 0.4) is 0 Å². The van der Waals surface area contributed by atoms with Crippen molar-refractivity contribution in [1.82, 2.24) is 20.1 Å². The average Bonchev–Trinajstić information content (AvgIpc) is 3.45. The van der Waals surface area contributed by atoms with Crippen molar-refractivity contribution in [3.8, 4) is 22.8 Å². The number of aryl methyl sites for hydroxylation is 1. The van der Waals surface area contributed by atoms with Crippen LogP contribution in [0.5, 0.6) is 5.75 Å². The number of carbonyl (C=O) groups excluding carboxylic acids is 2. The Kier molecular flexibility index (Phi) is 9.62. The summed E-state index contributed by atoms with van der Waals surface area (Å²) in [6.45, 7) is 6.61. The molecular weight excluding hydrogens is 562 g/mol. The summed E-state index contributed by atoms with van der Waals surface area (Å²) < 4.78 is 1.93. The first kappa shape index (κ1) is 31.4. The SMILES string of the molecule is CC(C)(C)c1ccc(-n2cc(CCCCCC(=O)N[C@@H](Cc3ccc(O)cc3)C(N)=O)c(-c3cc4ccccc4cn3)n2)cc1. The molecule has 0 aliphatic heterocycles. The molecule has 5 aromatic rings. The zero-order valence-electron chi connectivity index (χ0n) is 26.2.